The Morgan fingerprint density at radius 1 is 1.69 bits per heavy atom. The number of H-pyrrole nitrogens is 1. The Balaban J connectivity index is 1.93. The van der Waals surface area contributed by atoms with E-state index in [-0.39, 0.29) is 0 Å². The lowest BCUT2D eigenvalue weighted by Gasteiger charge is -2.32. The minimum Gasteiger partial charge on any atom is -0.348 e. The Kier molecular flexibility index (Phi) is 2.61. The smallest absolute Gasteiger partial charge is 0.120 e. The molecule has 2 rings (SSSR count). The first-order valence-corrected chi connectivity index (χ1v) is 4.72. The highest BCUT2D eigenvalue weighted by Gasteiger charge is 2.18. The molecule has 13 heavy (non-hydrogen) atoms. The Morgan fingerprint density at radius 3 is 3.31 bits per heavy atom. The summed E-state index contributed by atoms with van der Waals surface area (Å²) < 4.78 is 0. The van der Waals surface area contributed by atoms with E-state index in [9.17, 15) is 0 Å². The van der Waals surface area contributed by atoms with Crippen molar-refractivity contribution in [3.63, 3.8) is 0 Å². The average molecular weight is 179 g/mol. The molecular weight excluding hydrogens is 164 g/mol. The van der Waals surface area contributed by atoms with Crippen LogP contribution in [0.1, 0.15) is 12.7 Å². The van der Waals surface area contributed by atoms with E-state index in [2.05, 4.69) is 27.1 Å². The van der Waals surface area contributed by atoms with Crippen molar-refractivity contribution in [3.8, 4) is 0 Å². The lowest BCUT2D eigenvalue weighted by Crippen LogP contribution is -2.46. The predicted octanol–water partition coefficient (Wildman–Crippen LogP) is 0.218. The Hall–Kier alpha value is -0.870. The summed E-state index contributed by atoms with van der Waals surface area (Å²) in [6, 6.07) is 0.554. The van der Waals surface area contributed by atoms with Crippen LogP contribution in [0.5, 0.6) is 0 Å². The van der Waals surface area contributed by atoms with Crippen molar-refractivity contribution in [1.82, 2.24) is 20.2 Å². The molecule has 0 amide bonds. The second-order valence-corrected chi connectivity index (χ2v) is 3.49. The van der Waals surface area contributed by atoms with Crippen molar-refractivity contribution in [2.75, 3.05) is 19.6 Å². The molecule has 1 aromatic heterocycles. The Labute approximate surface area is 78.4 Å². The van der Waals surface area contributed by atoms with Crippen molar-refractivity contribution < 1.29 is 0 Å². The van der Waals surface area contributed by atoms with Crippen LogP contribution in [-0.2, 0) is 6.54 Å². The van der Waals surface area contributed by atoms with E-state index < -0.39 is 0 Å². The van der Waals surface area contributed by atoms with Gasteiger partial charge in [0.2, 0.25) is 0 Å². The maximum atomic E-state index is 4.37. The lowest BCUT2D eigenvalue weighted by molar-refractivity contribution is 0.160. The van der Waals surface area contributed by atoms with Gasteiger partial charge in [-0.25, -0.2) is 10.3 Å². The fourth-order valence-corrected chi connectivity index (χ4v) is 1.62. The Morgan fingerprint density at radius 2 is 2.62 bits per heavy atom. The lowest BCUT2D eigenvalue weighted by atomic mass is 10.2. The van der Waals surface area contributed by atoms with E-state index in [1.807, 2.05) is 6.20 Å². The second kappa shape index (κ2) is 3.89. The average Bonchev–Trinajstić information content (AvgIpc) is 2.61. The molecule has 4 nitrogen and oxygen atoms in total. The molecule has 4 heteroatoms. The van der Waals surface area contributed by atoms with Crippen LogP contribution in [0, 0.1) is 0 Å². The highest BCUT2D eigenvalue weighted by molar-refractivity contribution is 4.89. The van der Waals surface area contributed by atoms with Gasteiger partial charge in [0.1, 0.15) is 5.82 Å². The van der Waals surface area contributed by atoms with Gasteiger partial charge in [0.25, 0.3) is 0 Å². The van der Waals surface area contributed by atoms with Gasteiger partial charge in [-0.2, -0.15) is 0 Å². The SMILES string of the molecule is CC1C[N]CCN1Cc1ncc[nH]1. The van der Waals surface area contributed by atoms with Crippen molar-refractivity contribution >= 4 is 0 Å². The summed E-state index contributed by atoms with van der Waals surface area (Å²) in [5, 5.41) is 4.37. The van der Waals surface area contributed by atoms with Gasteiger partial charge >= 0.3 is 0 Å². The molecule has 0 spiro atoms. The molecule has 71 valence electrons. The minimum absolute atomic E-state index is 0.554. The first-order valence-electron chi connectivity index (χ1n) is 4.72. The summed E-state index contributed by atoms with van der Waals surface area (Å²) in [6.45, 7) is 6.11. The molecule has 1 aromatic rings. The van der Waals surface area contributed by atoms with Crippen LogP contribution in [-0.4, -0.2) is 40.5 Å². The normalized spacial score (nSPS) is 24.8. The highest BCUT2D eigenvalue weighted by Crippen LogP contribution is 2.06. The zero-order valence-electron chi connectivity index (χ0n) is 7.90. The van der Waals surface area contributed by atoms with Gasteiger partial charge < -0.3 is 4.98 Å². The third kappa shape index (κ3) is 2.08. The van der Waals surface area contributed by atoms with Crippen LogP contribution in [0.4, 0.5) is 0 Å². The Bertz CT molecular complexity index is 244. The first kappa shape index (κ1) is 8.72. The van der Waals surface area contributed by atoms with Crippen LogP contribution >= 0.6 is 0 Å². The molecule has 0 bridgehead atoms. The van der Waals surface area contributed by atoms with E-state index in [0.717, 1.165) is 32.0 Å². The molecule has 1 radical (unpaired) electrons. The van der Waals surface area contributed by atoms with Crippen molar-refractivity contribution in [2.45, 2.75) is 19.5 Å². The number of piperazine rings is 1. The summed E-state index contributed by atoms with van der Waals surface area (Å²) in [5.74, 6) is 1.05. The number of rotatable bonds is 2. The van der Waals surface area contributed by atoms with Crippen LogP contribution < -0.4 is 5.32 Å². The number of nitrogens with one attached hydrogen (secondary N) is 1. The van der Waals surface area contributed by atoms with E-state index in [1.54, 1.807) is 6.20 Å². The molecule has 1 fully saturated rings. The summed E-state index contributed by atoms with van der Waals surface area (Å²) >= 11 is 0. The molecule has 1 N–H and O–H groups in total. The molecule has 1 unspecified atom stereocenters. The second-order valence-electron chi connectivity index (χ2n) is 3.49. The van der Waals surface area contributed by atoms with Gasteiger partial charge in [-0.3, -0.25) is 4.90 Å². The van der Waals surface area contributed by atoms with E-state index >= 15 is 0 Å². The van der Waals surface area contributed by atoms with Crippen molar-refractivity contribution in [3.05, 3.63) is 18.2 Å². The number of hydrogen-bond donors (Lipinski definition) is 1. The molecule has 1 atom stereocenters. The molecular formula is C9H15N4. The summed E-state index contributed by atoms with van der Waals surface area (Å²) in [4.78, 5) is 9.75. The van der Waals surface area contributed by atoms with Gasteiger partial charge in [0.15, 0.2) is 0 Å². The van der Waals surface area contributed by atoms with Crippen molar-refractivity contribution in [2.24, 2.45) is 0 Å². The summed E-state index contributed by atoms with van der Waals surface area (Å²) in [7, 11) is 0. The van der Waals surface area contributed by atoms with E-state index in [4.69, 9.17) is 0 Å². The fourth-order valence-electron chi connectivity index (χ4n) is 1.62. The molecule has 1 aliphatic heterocycles. The van der Waals surface area contributed by atoms with Gasteiger partial charge in [0.05, 0.1) is 6.54 Å². The van der Waals surface area contributed by atoms with Crippen LogP contribution in [0.15, 0.2) is 12.4 Å². The number of aromatic nitrogens is 2. The number of aromatic amines is 1. The molecule has 2 heterocycles. The molecule has 0 saturated carbocycles. The quantitative estimate of drug-likeness (QED) is 0.706. The third-order valence-corrected chi connectivity index (χ3v) is 2.47. The van der Waals surface area contributed by atoms with E-state index in [0.29, 0.717) is 6.04 Å². The minimum atomic E-state index is 0.554. The molecule has 1 saturated heterocycles. The van der Waals surface area contributed by atoms with Crippen molar-refractivity contribution in [1.29, 1.82) is 0 Å². The molecule has 1 aliphatic rings. The zero-order chi connectivity index (χ0) is 9.10. The number of nitrogens with zero attached hydrogens (tertiary/aromatic N) is 3. The van der Waals surface area contributed by atoms with Crippen LogP contribution in [0.3, 0.4) is 0 Å². The molecule has 0 aliphatic carbocycles. The predicted molar refractivity (Wildman–Crippen MR) is 50.3 cm³/mol. The zero-order valence-corrected chi connectivity index (χ0v) is 7.90. The van der Waals surface area contributed by atoms with Gasteiger partial charge in [0, 0.05) is 38.1 Å². The molecule has 0 aromatic carbocycles. The largest absolute Gasteiger partial charge is 0.348 e. The topological polar surface area (TPSA) is 46.0 Å². The maximum absolute atomic E-state index is 4.37. The van der Waals surface area contributed by atoms with Crippen LogP contribution in [0.25, 0.3) is 0 Å². The van der Waals surface area contributed by atoms with Gasteiger partial charge in [-0.05, 0) is 6.92 Å². The summed E-state index contributed by atoms with van der Waals surface area (Å²) in [6.07, 6.45) is 3.67. The monoisotopic (exact) mass is 179 g/mol. The summed E-state index contributed by atoms with van der Waals surface area (Å²) in [5.41, 5.74) is 0. The maximum Gasteiger partial charge on any atom is 0.120 e. The van der Waals surface area contributed by atoms with Gasteiger partial charge in [-0.1, -0.05) is 0 Å². The first-order chi connectivity index (χ1) is 6.36. The standard InChI is InChI=1S/C9H15N4/c1-8-6-10-4-5-13(8)7-9-11-2-3-12-9/h2-3,8H,4-7H2,1H3,(H,11,12). The van der Waals surface area contributed by atoms with Gasteiger partial charge in [-0.15, -0.1) is 0 Å². The third-order valence-electron chi connectivity index (χ3n) is 2.47. The van der Waals surface area contributed by atoms with E-state index in [1.165, 1.54) is 0 Å². The van der Waals surface area contributed by atoms with Crippen LogP contribution in [0.2, 0.25) is 0 Å². The fraction of sp³-hybridized carbons (Fsp3) is 0.667. The number of imidazole rings is 1. The number of hydrogen-bond acceptors (Lipinski definition) is 2. The highest BCUT2D eigenvalue weighted by atomic mass is 15.2.